The van der Waals surface area contributed by atoms with Crippen LogP contribution in [0.2, 0.25) is 0 Å². The number of benzene rings is 1. The molecule has 1 heterocycles. The fraction of sp³-hybridized carbons (Fsp3) is 0.111. The van der Waals surface area contributed by atoms with Gasteiger partial charge in [-0.2, -0.15) is 0 Å². The van der Waals surface area contributed by atoms with Gasteiger partial charge in [-0.1, -0.05) is 30.3 Å². The maximum absolute atomic E-state index is 10.4. The van der Waals surface area contributed by atoms with E-state index >= 15 is 0 Å². The SMILES string of the molecule is Nc1nc([N+](=O)[O-])nn1Cc1ccccc1. The summed E-state index contributed by atoms with van der Waals surface area (Å²) in [6.07, 6.45) is 0. The van der Waals surface area contributed by atoms with Gasteiger partial charge in [0.05, 0.1) is 6.54 Å². The van der Waals surface area contributed by atoms with Crippen molar-refractivity contribution < 1.29 is 4.92 Å². The number of hydrogen-bond donors (Lipinski definition) is 1. The molecule has 0 saturated carbocycles. The average molecular weight is 219 g/mol. The quantitative estimate of drug-likeness (QED) is 0.608. The Balaban J connectivity index is 2.25. The van der Waals surface area contributed by atoms with Crippen molar-refractivity contribution >= 4 is 11.9 Å². The summed E-state index contributed by atoms with van der Waals surface area (Å²) in [4.78, 5) is 13.3. The first-order valence-corrected chi connectivity index (χ1v) is 4.55. The molecule has 0 amide bonds. The Morgan fingerprint density at radius 2 is 2.06 bits per heavy atom. The van der Waals surface area contributed by atoms with Crippen molar-refractivity contribution in [3.8, 4) is 0 Å². The van der Waals surface area contributed by atoms with Crippen LogP contribution in [-0.2, 0) is 6.54 Å². The van der Waals surface area contributed by atoms with Crippen LogP contribution in [0.3, 0.4) is 0 Å². The first-order valence-electron chi connectivity index (χ1n) is 4.55. The highest BCUT2D eigenvalue weighted by molar-refractivity contribution is 5.24. The number of rotatable bonds is 3. The number of nitrogens with two attached hydrogens (primary N) is 1. The summed E-state index contributed by atoms with van der Waals surface area (Å²) < 4.78 is 1.30. The van der Waals surface area contributed by atoms with Gasteiger partial charge in [-0.3, -0.25) is 0 Å². The molecule has 0 aliphatic heterocycles. The highest BCUT2D eigenvalue weighted by atomic mass is 16.6. The van der Waals surface area contributed by atoms with Gasteiger partial charge in [-0.15, -0.1) is 4.68 Å². The molecular formula is C9H9N5O2. The van der Waals surface area contributed by atoms with Crippen molar-refractivity contribution in [2.24, 2.45) is 0 Å². The molecule has 0 saturated heterocycles. The molecule has 1 aromatic heterocycles. The zero-order chi connectivity index (χ0) is 11.5. The minimum absolute atomic E-state index is 0.0375. The lowest BCUT2D eigenvalue weighted by Crippen LogP contribution is -2.06. The number of aromatic nitrogens is 3. The highest BCUT2D eigenvalue weighted by Gasteiger charge is 2.18. The largest absolute Gasteiger partial charge is 0.493 e. The number of anilines is 1. The Labute approximate surface area is 90.7 Å². The van der Waals surface area contributed by atoms with Crippen molar-refractivity contribution in [1.29, 1.82) is 0 Å². The lowest BCUT2D eigenvalue weighted by atomic mass is 10.2. The van der Waals surface area contributed by atoms with Crippen LogP contribution in [0.15, 0.2) is 30.3 Å². The van der Waals surface area contributed by atoms with Gasteiger partial charge in [0.2, 0.25) is 0 Å². The maximum Gasteiger partial charge on any atom is 0.493 e. The van der Waals surface area contributed by atoms with Gasteiger partial charge in [-0.25, -0.2) is 0 Å². The zero-order valence-electron chi connectivity index (χ0n) is 8.28. The van der Waals surface area contributed by atoms with E-state index in [2.05, 4.69) is 10.1 Å². The normalized spacial score (nSPS) is 10.2. The van der Waals surface area contributed by atoms with Gasteiger partial charge in [0.25, 0.3) is 0 Å². The van der Waals surface area contributed by atoms with Crippen LogP contribution in [0.1, 0.15) is 5.56 Å². The molecule has 0 bridgehead atoms. The molecule has 0 aliphatic rings. The molecule has 0 radical (unpaired) electrons. The van der Waals surface area contributed by atoms with E-state index in [1.807, 2.05) is 30.3 Å². The van der Waals surface area contributed by atoms with E-state index in [1.54, 1.807) is 0 Å². The Morgan fingerprint density at radius 3 is 2.62 bits per heavy atom. The Bertz CT molecular complexity index is 508. The fourth-order valence-electron chi connectivity index (χ4n) is 1.29. The van der Waals surface area contributed by atoms with Gasteiger partial charge >= 0.3 is 11.9 Å². The topological polar surface area (TPSA) is 99.9 Å². The second kappa shape index (κ2) is 3.97. The van der Waals surface area contributed by atoms with Crippen LogP contribution in [0.5, 0.6) is 0 Å². The summed E-state index contributed by atoms with van der Waals surface area (Å²) >= 11 is 0. The number of nitrogens with zero attached hydrogens (tertiary/aromatic N) is 4. The Kier molecular flexibility index (Phi) is 2.50. The van der Waals surface area contributed by atoms with E-state index in [0.29, 0.717) is 6.54 Å². The van der Waals surface area contributed by atoms with Gasteiger partial charge in [-0.05, 0) is 15.5 Å². The second-order valence-corrected chi connectivity index (χ2v) is 3.17. The van der Waals surface area contributed by atoms with Crippen molar-refractivity contribution in [2.75, 3.05) is 5.73 Å². The van der Waals surface area contributed by atoms with Crippen molar-refractivity contribution in [1.82, 2.24) is 14.8 Å². The van der Waals surface area contributed by atoms with Gasteiger partial charge < -0.3 is 15.8 Å². The van der Waals surface area contributed by atoms with Crippen LogP contribution in [0.25, 0.3) is 0 Å². The molecule has 0 atom stereocenters. The van der Waals surface area contributed by atoms with E-state index in [9.17, 15) is 10.1 Å². The molecule has 2 N–H and O–H groups in total. The molecule has 0 spiro atoms. The van der Waals surface area contributed by atoms with Crippen LogP contribution >= 0.6 is 0 Å². The monoisotopic (exact) mass is 219 g/mol. The zero-order valence-corrected chi connectivity index (χ0v) is 8.28. The van der Waals surface area contributed by atoms with Gasteiger partial charge in [0.1, 0.15) is 0 Å². The molecule has 7 nitrogen and oxygen atoms in total. The predicted octanol–water partition coefficient (Wildman–Crippen LogP) is 0.817. The van der Waals surface area contributed by atoms with E-state index in [0.717, 1.165) is 5.56 Å². The van der Waals surface area contributed by atoms with E-state index in [1.165, 1.54) is 4.68 Å². The van der Waals surface area contributed by atoms with Crippen molar-refractivity contribution in [3.63, 3.8) is 0 Å². The third-order valence-electron chi connectivity index (χ3n) is 2.03. The standard InChI is InChI=1S/C9H9N5O2/c10-8-11-9(14(15)16)12-13(8)6-7-4-2-1-3-5-7/h1-5H,6H2,(H2,10,11,12). The molecule has 0 aliphatic carbocycles. The van der Waals surface area contributed by atoms with Crippen LogP contribution in [0, 0.1) is 10.1 Å². The number of nitro groups is 1. The molecule has 0 unspecified atom stereocenters. The lowest BCUT2D eigenvalue weighted by Gasteiger charge is -1.97. The smallest absolute Gasteiger partial charge is 0.390 e. The fourth-order valence-corrected chi connectivity index (χ4v) is 1.29. The van der Waals surface area contributed by atoms with Crippen LogP contribution < -0.4 is 5.73 Å². The Morgan fingerprint density at radius 1 is 1.38 bits per heavy atom. The first-order chi connectivity index (χ1) is 7.66. The second-order valence-electron chi connectivity index (χ2n) is 3.17. The summed E-state index contributed by atoms with van der Waals surface area (Å²) in [6, 6.07) is 9.39. The van der Waals surface area contributed by atoms with Crippen molar-refractivity contribution in [3.05, 3.63) is 46.0 Å². The van der Waals surface area contributed by atoms with Gasteiger partial charge in [0.15, 0.2) is 0 Å². The molecular weight excluding hydrogens is 210 g/mol. The molecule has 82 valence electrons. The van der Waals surface area contributed by atoms with Crippen molar-refractivity contribution in [2.45, 2.75) is 6.54 Å². The first kappa shape index (κ1) is 10.1. The maximum atomic E-state index is 10.4. The van der Waals surface area contributed by atoms with E-state index in [-0.39, 0.29) is 5.95 Å². The third kappa shape index (κ3) is 1.97. The predicted molar refractivity (Wildman–Crippen MR) is 56.6 cm³/mol. The van der Waals surface area contributed by atoms with Gasteiger partial charge in [0, 0.05) is 5.10 Å². The van der Waals surface area contributed by atoms with E-state index in [4.69, 9.17) is 5.73 Å². The molecule has 16 heavy (non-hydrogen) atoms. The summed E-state index contributed by atoms with van der Waals surface area (Å²) in [5.74, 6) is -0.441. The minimum Gasteiger partial charge on any atom is -0.390 e. The summed E-state index contributed by atoms with van der Waals surface area (Å²) in [5.41, 5.74) is 6.46. The molecule has 2 aromatic rings. The summed E-state index contributed by atoms with van der Waals surface area (Å²) in [5, 5.41) is 14.1. The average Bonchev–Trinajstić information content (AvgIpc) is 2.62. The summed E-state index contributed by atoms with van der Waals surface area (Å²) in [6.45, 7) is 0.369. The molecule has 0 fully saturated rings. The number of nitrogen functional groups attached to an aromatic ring is 1. The molecule has 2 rings (SSSR count). The lowest BCUT2D eigenvalue weighted by molar-refractivity contribution is -0.394. The number of hydrogen-bond acceptors (Lipinski definition) is 5. The van der Waals surface area contributed by atoms with Crippen LogP contribution in [0.4, 0.5) is 11.9 Å². The van der Waals surface area contributed by atoms with Crippen LogP contribution in [-0.4, -0.2) is 19.7 Å². The minimum atomic E-state index is -0.669. The van der Waals surface area contributed by atoms with E-state index < -0.39 is 10.9 Å². The summed E-state index contributed by atoms with van der Waals surface area (Å²) in [7, 11) is 0. The highest BCUT2D eigenvalue weighted by Crippen LogP contribution is 2.10. The Hall–Kier alpha value is -2.44. The third-order valence-corrected chi connectivity index (χ3v) is 2.03. The molecule has 7 heteroatoms. The molecule has 1 aromatic carbocycles.